The summed E-state index contributed by atoms with van der Waals surface area (Å²) < 4.78 is 10.7. The molecule has 180 valence electrons. The molecular formula is C23H30N2O6S2. The Kier molecular flexibility index (Phi) is 6.77. The Bertz CT molecular complexity index is 992. The molecular weight excluding hydrogens is 464 g/mol. The number of esters is 2. The molecule has 1 N–H and O–H groups in total. The maximum absolute atomic E-state index is 12.9. The van der Waals surface area contributed by atoms with Gasteiger partial charge in [0.15, 0.2) is 6.10 Å². The highest BCUT2D eigenvalue weighted by molar-refractivity contribution is 8.01. The van der Waals surface area contributed by atoms with Crippen molar-refractivity contribution in [2.75, 3.05) is 17.7 Å². The largest absolute Gasteiger partial charge is 0.462 e. The molecule has 0 radical (unpaired) electrons. The average molecular weight is 495 g/mol. The number of nitrogens with zero attached hydrogens (tertiary/aromatic N) is 1. The summed E-state index contributed by atoms with van der Waals surface area (Å²) in [6.07, 6.45) is 2.65. The van der Waals surface area contributed by atoms with Crippen LogP contribution in [0.1, 0.15) is 67.8 Å². The van der Waals surface area contributed by atoms with Gasteiger partial charge in [0.2, 0.25) is 5.91 Å². The number of carbonyl (C=O) groups excluding carboxylic acids is 4. The Hall–Kier alpha value is -2.07. The molecule has 1 aromatic rings. The standard InChI is InChI=1S/C23H30N2O6S2/c1-5-30-22(29)18-14-7-6-12(2)10-16(14)33-20(18)24-19(27)13(3)31-21(28)15-11-32-23(4)9-8-17(26)25(15)23/h12-13,15H,5-11H2,1-4H3,(H,24,27)/t12-,13-,15-,23+/m1/s1. The molecule has 2 aliphatic heterocycles. The number of ether oxygens (including phenoxy) is 2. The number of nitrogens with one attached hydrogen (secondary N) is 1. The lowest BCUT2D eigenvalue weighted by Gasteiger charge is -2.29. The van der Waals surface area contributed by atoms with Gasteiger partial charge in [0, 0.05) is 17.1 Å². The van der Waals surface area contributed by atoms with Crippen molar-refractivity contribution in [2.45, 2.75) is 76.8 Å². The van der Waals surface area contributed by atoms with Crippen LogP contribution in [0.3, 0.4) is 0 Å². The molecule has 2 amide bonds. The van der Waals surface area contributed by atoms with Crippen molar-refractivity contribution in [1.82, 2.24) is 4.90 Å². The number of carbonyl (C=O) groups is 4. The number of hydrogen-bond donors (Lipinski definition) is 1. The molecule has 1 aromatic heterocycles. The van der Waals surface area contributed by atoms with Gasteiger partial charge in [0.1, 0.15) is 11.0 Å². The van der Waals surface area contributed by atoms with Crippen LogP contribution in [-0.4, -0.2) is 58.0 Å². The normalized spacial score (nSPS) is 27.0. The van der Waals surface area contributed by atoms with Crippen molar-refractivity contribution in [1.29, 1.82) is 0 Å². The number of hydrogen-bond acceptors (Lipinski definition) is 8. The van der Waals surface area contributed by atoms with E-state index in [0.717, 1.165) is 29.7 Å². The number of rotatable bonds is 6. The summed E-state index contributed by atoms with van der Waals surface area (Å²) in [5.41, 5.74) is 1.37. The topological polar surface area (TPSA) is 102 Å². The third-order valence-corrected chi connectivity index (χ3v) is 9.28. The zero-order valence-corrected chi connectivity index (χ0v) is 21.0. The molecule has 0 bridgehead atoms. The van der Waals surface area contributed by atoms with Crippen LogP contribution in [-0.2, 0) is 36.7 Å². The maximum atomic E-state index is 12.9. The minimum atomic E-state index is -1.07. The highest BCUT2D eigenvalue weighted by Crippen LogP contribution is 2.47. The average Bonchev–Trinajstić information content (AvgIpc) is 3.38. The van der Waals surface area contributed by atoms with Crippen LogP contribution in [0.15, 0.2) is 0 Å². The molecule has 4 atom stereocenters. The van der Waals surface area contributed by atoms with Gasteiger partial charge in [-0.1, -0.05) is 6.92 Å². The third-order valence-electron chi connectivity index (χ3n) is 6.61. The molecule has 4 rings (SSSR count). The van der Waals surface area contributed by atoms with Gasteiger partial charge >= 0.3 is 11.9 Å². The molecule has 1 aliphatic carbocycles. The molecule has 3 aliphatic rings. The number of amides is 2. The van der Waals surface area contributed by atoms with E-state index in [4.69, 9.17) is 9.47 Å². The van der Waals surface area contributed by atoms with Crippen molar-refractivity contribution in [3.63, 3.8) is 0 Å². The first-order chi connectivity index (χ1) is 15.6. The lowest BCUT2D eigenvalue weighted by atomic mass is 9.88. The number of thioether (sulfide) groups is 1. The van der Waals surface area contributed by atoms with Gasteiger partial charge in [-0.25, -0.2) is 9.59 Å². The minimum absolute atomic E-state index is 0.0565. The third kappa shape index (κ3) is 4.51. The maximum Gasteiger partial charge on any atom is 0.341 e. The summed E-state index contributed by atoms with van der Waals surface area (Å²) >= 11 is 2.97. The highest BCUT2D eigenvalue weighted by atomic mass is 32.2. The predicted molar refractivity (Wildman–Crippen MR) is 126 cm³/mol. The summed E-state index contributed by atoms with van der Waals surface area (Å²) in [6, 6.07) is -0.684. The molecule has 0 unspecified atom stereocenters. The number of fused-ring (bicyclic) bond motifs is 2. The van der Waals surface area contributed by atoms with E-state index >= 15 is 0 Å². The number of thiophene rings is 1. The SMILES string of the molecule is CCOC(=O)c1c(NC(=O)[C@@H](C)OC(=O)[C@H]2CS[C@@]3(C)CCC(=O)N23)sc2c1CC[C@@H](C)C2. The number of anilines is 1. The Morgan fingerprint density at radius 3 is 2.79 bits per heavy atom. The van der Waals surface area contributed by atoms with E-state index in [-0.39, 0.29) is 17.4 Å². The van der Waals surface area contributed by atoms with Gasteiger partial charge in [0.25, 0.3) is 5.91 Å². The lowest BCUT2D eigenvalue weighted by Crippen LogP contribution is -2.48. The van der Waals surface area contributed by atoms with Gasteiger partial charge in [0.05, 0.1) is 17.0 Å². The van der Waals surface area contributed by atoms with E-state index in [2.05, 4.69) is 12.2 Å². The van der Waals surface area contributed by atoms with Crippen molar-refractivity contribution in [2.24, 2.45) is 5.92 Å². The fourth-order valence-corrected chi connectivity index (χ4v) is 7.59. The molecule has 3 heterocycles. The van der Waals surface area contributed by atoms with Gasteiger partial charge in [-0.2, -0.15) is 0 Å². The van der Waals surface area contributed by atoms with E-state index < -0.39 is 30.0 Å². The quantitative estimate of drug-likeness (QED) is 0.605. The summed E-state index contributed by atoms with van der Waals surface area (Å²) in [7, 11) is 0. The second kappa shape index (κ2) is 9.29. The Balaban J connectivity index is 1.46. The van der Waals surface area contributed by atoms with Crippen LogP contribution in [0.4, 0.5) is 5.00 Å². The van der Waals surface area contributed by atoms with Crippen LogP contribution in [0.25, 0.3) is 0 Å². The molecule has 33 heavy (non-hydrogen) atoms. The summed E-state index contributed by atoms with van der Waals surface area (Å²) in [5, 5.41) is 3.24. The van der Waals surface area contributed by atoms with Crippen molar-refractivity contribution < 1.29 is 28.7 Å². The van der Waals surface area contributed by atoms with Gasteiger partial charge in [-0.05, 0) is 57.9 Å². The molecule has 0 saturated carbocycles. The first-order valence-corrected chi connectivity index (χ1v) is 13.2. The predicted octanol–water partition coefficient (Wildman–Crippen LogP) is 3.37. The second-order valence-electron chi connectivity index (χ2n) is 9.11. The zero-order valence-electron chi connectivity index (χ0n) is 19.4. The van der Waals surface area contributed by atoms with Gasteiger partial charge in [-0.15, -0.1) is 23.1 Å². The first-order valence-electron chi connectivity index (χ1n) is 11.4. The van der Waals surface area contributed by atoms with Crippen LogP contribution in [0, 0.1) is 5.92 Å². The fraction of sp³-hybridized carbons (Fsp3) is 0.652. The molecule has 2 fully saturated rings. The summed E-state index contributed by atoms with van der Waals surface area (Å²) in [6.45, 7) is 7.62. The Morgan fingerprint density at radius 1 is 1.30 bits per heavy atom. The van der Waals surface area contributed by atoms with E-state index in [1.54, 1.807) is 23.6 Å². The molecule has 2 saturated heterocycles. The van der Waals surface area contributed by atoms with Crippen LogP contribution in [0.2, 0.25) is 0 Å². The smallest absolute Gasteiger partial charge is 0.341 e. The van der Waals surface area contributed by atoms with E-state index in [0.29, 0.717) is 35.1 Å². The van der Waals surface area contributed by atoms with Crippen molar-refractivity contribution >= 4 is 51.9 Å². The van der Waals surface area contributed by atoms with Crippen LogP contribution >= 0.6 is 23.1 Å². The highest BCUT2D eigenvalue weighted by Gasteiger charge is 2.53. The Labute approximate surface area is 201 Å². The van der Waals surface area contributed by atoms with Crippen molar-refractivity contribution in [3.8, 4) is 0 Å². The lowest BCUT2D eigenvalue weighted by molar-refractivity contribution is -0.160. The second-order valence-corrected chi connectivity index (χ2v) is 11.7. The van der Waals surface area contributed by atoms with Crippen LogP contribution < -0.4 is 5.32 Å². The fourth-order valence-electron chi connectivity index (χ4n) is 4.77. The molecule has 8 nitrogen and oxygen atoms in total. The Morgan fingerprint density at radius 2 is 2.06 bits per heavy atom. The van der Waals surface area contributed by atoms with E-state index in [9.17, 15) is 19.2 Å². The molecule has 10 heteroatoms. The minimum Gasteiger partial charge on any atom is -0.462 e. The summed E-state index contributed by atoms with van der Waals surface area (Å²) in [4.78, 5) is 53.0. The van der Waals surface area contributed by atoms with Gasteiger partial charge in [-0.3, -0.25) is 9.59 Å². The monoisotopic (exact) mass is 494 g/mol. The first kappa shape index (κ1) is 24.1. The van der Waals surface area contributed by atoms with E-state index in [1.165, 1.54) is 18.3 Å². The van der Waals surface area contributed by atoms with E-state index in [1.807, 2.05) is 6.92 Å². The molecule has 0 spiro atoms. The van der Waals surface area contributed by atoms with Crippen molar-refractivity contribution in [3.05, 3.63) is 16.0 Å². The zero-order chi connectivity index (χ0) is 23.9. The van der Waals surface area contributed by atoms with Gasteiger partial charge < -0.3 is 19.7 Å². The molecule has 0 aromatic carbocycles. The summed E-state index contributed by atoms with van der Waals surface area (Å²) in [5.74, 6) is -0.620. The van der Waals surface area contributed by atoms with Crippen LogP contribution in [0.5, 0.6) is 0 Å².